The van der Waals surface area contributed by atoms with E-state index in [1.165, 1.54) is 32.1 Å². The second-order valence-electron chi connectivity index (χ2n) is 4.95. The highest BCUT2D eigenvalue weighted by atomic mass is 16.3. The summed E-state index contributed by atoms with van der Waals surface area (Å²) in [6, 6.07) is 0. The maximum Gasteiger partial charge on any atom is 0.251 e. The zero-order valence-corrected chi connectivity index (χ0v) is 9.32. The van der Waals surface area contributed by atoms with E-state index >= 15 is 0 Å². The quantitative estimate of drug-likeness (QED) is 0.753. The van der Waals surface area contributed by atoms with Gasteiger partial charge in [-0.25, -0.2) is 0 Å². The maximum absolute atomic E-state index is 11.7. The van der Waals surface area contributed by atoms with Crippen LogP contribution >= 0.6 is 0 Å². The van der Waals surface area contributed by atoms with Crippen LogP contribution in [0.15, 0.2) is 0 Å². The average molecular weight is 211 g/mol. The Labute approximate surface area is 91.5 Å². The predicted molar refractivity (Wildman–Crippen MR) is 58.4 cm³/mol. The van der Waals surface area contributed by atoms with E-state index in [1.54, 1.807) is 0 Å². The Morgan fingerprint density at radius 1 is 1.13 bits per heavy atom. The van der Waals surface area contributed by atoms with Crippen LogP contribution in [-0.4, -0.2) is 35.1 Å². The third-order valence-electron chi connectivity index (χ3n) is 3.71. The summed E-state index contributed by atoms with van der Waals surface area (Å²) in [6.45, 7) is 1.74. The summed E-state index contributed by atoms with van der Waals surface area (Å²) in [5.41, 5.74) is 0. The van der Waals surface area contributed by atoms with Crippen molar-refractivity contribution in [1.29, 1.82) is 0 Å². The molecule has 0 aromatic carbocycles. The molecule has 0 bridgehead atoms. The number of amides is 1. The summed E-state index contributed by atoms with van der Waals surface area (Å²) in [6.07, 6.45) is 7.40. The molecule has 1 aliphatic heterocycles. The van der Waals surface area contributed by atoms with Crippen LogP contribution in [0.5, 0.6) is 0 Å². The van der Waals surface area contributed by atoms with Gasteiger partial charge in [-0.05, 0) is 31.6 Å². The second-order valence-corrected chi connectivity index (χ2v) is 4.95. The van der Waals surface area contributed by atoms with Gasteiger partial charge in [0, 0.05) is 13.1 Å². The minimum Gasteiger partial charge on any atom is -0.383 e. The molecule has 3 heteroatoms. The van der Waals surface area contributed by atoms with Gasteiger partial charge in [0.15, 0.2) is 0 Å². The van der Waals surface area contributed by atoms with Gasteiger partial charge in [-0.3, -0.25) is 4.79 Å². The number of rotatable bonds is 2. The maximum atomic E-state index is 11.7. The van der Waals surface area contributed by atoms with Gasteiger partial charge >= 0.3 is 0 Å². The SMILES string of the molecule is O=C1C(O)CCCN1CC1CCCCC1. The van der Waals surface area contributed by atoms with Crippen molar-refractivity contribution in [2.75, 3.05) is 13.1 Å². The van der Waals surface area contributed by atoms with Crippen molar-refractivity contribution in [3.63, 3.8) is 0 Å². The zero-order valence-electron chi connectivity index (χ0n) is 9.32. The predicted octanol–water partition coefficient (Wildman–Crippen LogP) is 1.55. The highest BCUT2D eigenvalue weighted by Crippen LogP contribution is 2.25. The van der Waals surface area contributed by atoms with Crippen LogP contribution in [-0.2, 0) is 4.79 Å². The van der Waals surface area contributed by atoms with E-state index in [2.05, 4.69) is 0 Å². The van der Waals surface area contributed by atoms with Crippen molar-refractivity contribution < 1.29 is 9.90 Å². The molecule has 1 saturated carbocycles. The second kappa shape index (κ2) is 4.97. The zero-order chi connectivity index (χ0) is 10.7. The number of hydrogen-bond acceptors (Lipinski definition) is 2. The number of piperidine rings is 1. The molecule has 86 valence electrons. The van der Waals surface area contributed by atoms with Gasteiger partial charge in [0.25, 0.3) is 5.91 Å². The molecule has 0 spiro atoms. The lowest BCUT2D eigenvalue weighted by Crippen LogP contribution is -2.46. The lowest BCUT2D eigenvalue weighted by molar-refractivity contribution is -0.144. The Hall–Kier alpha value is -0.570. The molecular weight excluding hydrogens is 190 g/mol. The highest BCUT2D eigenvalue weighted by Gasteiger charge is 2.28. The van der Waals surface area contributed by atoms with Crippen LogP contribution in [0.1, 0.15) is 44.9 Å². The molecule has 1 heterocycles. The van der Waals surface area contributed by atoms with Gasteiger partial charge in [-0.15, -0.1) is 0 Å². The van der Waals surface area contributed by atoms with Crippen LogP contribution in [0.4, 0.5) is 0 Å². The highest BCUT2D eigenvalue weighted by molar-refractivity contribution is 5.81. The van der Waals surface area contributed by atoms with Crippen molar-refractivity contribution in [2.24, 2.45) is 5.92 Å². The number of likely N-dealkylation sites (tertiary alicyclic amines) is 1. The fourth-order valence-corrected chi connectivity index (χ4v) is 2.78. The fourth-order valence-electron chi connectivity index (χ4n) is 2.78. The molecular formula is C12H21NO2. The summed E-state index contributed by atoms with van der Waals surface area (Å²) in [7, 11) is 0. The van der Waals surface area contributed by atoms with Crippen molar-refractivity contribution in [2.45, 2.75) is 51.0 Å². The standard InChI is InChI=1S/C12H21NO2/c14-11-7-4-8-13(12(11)15)9-10-5-2-1-3-6-10/h10-11,14H,1-9H2. The van der Waals surface area contributed by atoms with Crippen molar-refractivity contribution in [3.8, 4) is 0 Å². The molecule has 1 atom stereocenters. The summed E-state index contributed by atoms with van der Waals surface area (Å²) in [5.74, 6) is 0.653. The Bertz CT molecular complexity index is 224. The Balaban J connectivity index is 1.84. The summed E-state index contributed by atoms with van der Waals surface area (Å²) >= 11 is 0. The van der Waals surface area contributed by atoms with E-state index in [0.717, 1.165) is 19.5 Å². The number of carbonyl (C=O) groups excluding carboxylic acids is 1. The van der Waals surface area contributed by atoms with Crippen molar-refractivity contribution >= 4 is 5.91 Å². The first-order chi connectivity index (χ1) is 7.27. The molecule has 2 fully saturated rings. The number of carbonyl (C=O) groups is 1. The smallest absolute Gasteiger partial charge is 0.251 e. The summed E-state index contributed by atoms with van der Waals surface area (Å²) < 4.78 is 0. The lowest BCUT2D eigenvalue weighted by Gasteiger charge is -2.34. The normalized spacial score (nSPS) is 29.5. The molecule has 1 amide bonds. The number of aliphatic hydroxyl groups is 1. The third-order valence-corrected chi connectivity index (χ3v) is 3.71. The van der Waals surface area contributed by atoms with Crippen LogP contribution in [0.25, 0.3) is 0 Å². The van der Waals surface area contributed by atoms with Gasteiger partial charge in [0.2, 0.25) is 0 Å². The van der Waals surface area contributed by atoms with E-state index in [0.29, 0.717) is 12.3 Å². The largest absolute Gasteiger partial charge is 0.383 e. The topological polar surface area (TPSA) is 40.5 Å². The molecule has 1 N–H and O–H groups in total. The number of nitrogens with zero attached hydrogens (tertiary/aromatic N) is 1. The molecule has 3 nitrogen and oxygen atoms in total. The van der Waals surface area contributed by atoms with Crippen LogP contribution in [0.3, 0.4) is 0 Å². The summed E-state index contributed by atoms with van der Waals surface area (Å²) in [4.78, 5) is 13.6. The van der Waals surface area contributed by atoms with E-state index in [-0.39, 0.29) is 5.91 Å². The van der Waals surface area contributed by atoms with Crippen LogP contribution in [0, 0.1) is 5.92 Å². The molecule has 0 aromatic heterocycles. The first kappa shape index (κ1) is 10.9. The number of aliphatic hydroxyl groups excluding tert-OH is 1. The molecule has 0 radical (unpaired) electrons. The van der Waals surface area contributed by atoms with Gasteiger partial charge < -0.3 is 10.0 Å². The Kier molecular flexibility index (Phi) is 3.62. The molecule has 1 saturated heterocycles. The molecule has 2 aliphatic rings. The van der Waals surface area contributed by atoms with E-state index in [9.17, 15) is 9.90 Å². The van der Waals surface area contributed by atoms with Gasteiger partial charge in [0.1, 0.15) is 6.10 Å². The van der Waals surface area contributed by atoms with Crippen molar-refractivity contribution in [3.05, 3.63) is 0 Å². The van der Waals surface area contributed by atoms with E-state index in [1.807, 2.05) is 4.90 Å². The number of hydrogen-bond donors (Lipinski definition) is 1. The minimum atomic E-state index is -0.720. The summed E-state index contributed by atoms with van der Waals surface area (Å²) in [5, 5.41) is 9.49. The molecule has 1 unspecified atom stereocenters. The molecule has 2 rings (SSSR count). The monoisotopic (exact) mass is 211 g/mol. The van der Waals surface area contributed by atoms with E-state index in [4.69, 9.17) is 0 Å². The van der Waals surface area contributed by atoms with Crippen molar-refractivity contribution in [1.82, 2.24) is 4.90 Å². The first-order valence-electron chi connectivity index (χ1n) is 6.24. The van der Waals surface area contributed by atoms with Crippen LogP contribution < -0.4 is 0 Å². The van der Waals surface area contributed by atoms with E-state index < -0.39 is 6.10 Å². The average Bonchev–Trinajstić information content (AvgIpc) is 2.26. The Morgan fingerprint density at radius 2 is 1.87 bits per heavy atom. The minimum absolute atomic E-state index is 0.0353. The van der Waals surface area contributed by atoms with Gasteiger partial charge in [0.05, 0.1) is 0 Å². The first-order valence-corrected chi connectivity index (χ1v) is 6.24. The third kappa shape index (κ3) is 2.71. The fraction of sp³-hybridized carbons (Fsp3) is 0.917. The molecule has 1 aliphatic carbocycles. The van der Waals surface area contributed by atoms with Gasteiger partial charge in [-0.1, -0.05) is 19.3 Å². The van der Waals surface area contributed by atoms with Gasteiger partial charge in [-0.2, -0.15) is 0 Å². The van der Waals surface area contributed by atoms with Crippen LogP contribution in [0.2, 0.25) is 0 Å². The molecule has 0 aromatic rings. The Morgan fingerprint density at radius 3 is 2.60 bits per heavy atom. The molecule has 15 heavy (non-hydrogen) atoms. The lowest BCUT2D eigenvalue weighted by atomic mass is 9.88.